The normalized spacial score (nSPS) is 10.4. The molecule has 0 saturated carbocycles. The number of aromatic nitrogens is 1. The summed E-state index contributed by atoms with van der Waals surface area (Å²) in [7, 11) is 0. The standard InChI is InChI=1S/C19H17NO7.2Na.2H/c1-3-5-9-16-10(13(21)7-12(18(23)24)20(16)4-2)6-11-14(22)8-15(19(25)26)27-17(9)11;;;;/h6-8H,3-5H2,1-2H3,(H,23,24)(H,25,26);;;;. The minimum absolute atomic E-state index is 0. The van der Waals surface area contributed by atoms with E-state index in [1.807, 2.05) is 6.92 Å². The molecule has 0 saturated heterocycles. The molecule has 1 aromatic carbocycles. The molecule has 8 nitrogen and oxygen atoms in total. The van der Waals surface area contributed by atoms with Gasteiger partial charge in [-0.1, -0.05) is 13.3 Å². The van der Waals surface area contributed by atoms with Crippen molar-refractivity contribution in [2.45, 2.75) is 33.2 Å². The van der Waals surface area contributed by atoms with Crippen LogP contribution in [0.2, 0.25) is 0 Å². The number of hydrogen-bond donors (Lipinski definition) is 2. The molecule has 0 radical (unpaired) electrons. The first-order chi connectivity index (χ1) is 12.8. The van der Waals surface area contributed by atoms with E-state index in [1.54, 1.807) is 6.92 Å². The Morgan fingerprint density at radius 1 is 0.966 bits per heavy atom. The second-order valence-corrected chi connectivity index (χ2v) is 6.10. The van der Waals surface area contributed by atoms with Crippen LogP contribution in [0.3, 0.4) is 0 Å². The van der Waals surface area contributed by atoms with E-state index in [9.17, 15) is 29.4 Å². The van der Waals surface area contributed by atoms with Crippen LogP contribution in [0.25, 0.3) is 21.9 Å². The number of rotatable bonds is 5. The van der Waals surface area contributed by atoms with Gasteiger partial charge in [-0.2, -0.15) is 0 Å². The first-order valence-electron chi connectivity index (χ1n) is 8.44. The number of fused-ring (bicyclic) bond motifs is 2. The van der Waals surface area contributed by atoms with Gasteiger partial charge in [-0.3, -0.25) is 9.59 Å². The SMILES string of the molecule is CCCc1c2oc(C(=O)O)cc(=O)c2cc2c(=O)cc(C(=O)O)n(CC)c12.[NaH].[NaH]. The Morgan fingerprint density at radius 2 is 1.59 bits per heavy atom. The molecule has 0 aliphatic rings. The molecule has 0 spiro atoms. The fourth-order valence-electron chi connectivity index (χ4n) is 3.34. The van der Waals surface area contributed by atoms with E-state index in [0.29, 0.717) is 23.9 Å². The van der Waals surface area contributed by atoms with Gasteiger partial charge in [0.25, 0.3) is 0 Å². The number of carboxylic acids is 2. The van der Waals surface area contributed by atoms with Gasteiger partial charge in [0.05, 0.1) is 10.9 Å². The fraction of sp³-hybridized carbons (Fsp3) is 0.263. The molecule has 0 unspecified atom stereocenters. The van der Waals surface area contributed by atoms with Gasteiger partial charge in [-0.15, -0.1) is 0 Å². The number of aromatic carboxylic acids is 2. The van der Waals surface area contributed by atoms with Crippen LogP contribution < -0.4 is 10.9 Å². The van der Waals surface area contributed by atoms with Crippen LogP contribution in [0, 0.1) is 0 Å². The van der Waals surface area contributed by atoms with Crippen molar-refractivity contribution >= 4 is 92.9 Å². The molecular formula is C19H19NNa2O7. The number of pyridine rings is 1. The molecule has 0 fully saturated rings. The molecule has 2 N–H and O–H groups in total. The molecule has 2 aromatic heterocycles. The summed E-state index contributed by atoms with van der Waals surface area (Å²) < 4.78 is 6.94. The van der Waals surface area contributed by atoms with Gasteiger partial charge in [0, 0.05) is 29.6 Å². The van der Waals surface area contributed by atoms with Crippen LogP contribution in [-0.4, -0.2) is 85.8 Å². The van der Waals surface area contributed by atoms with Crippen molar-refractivity contribution in [3.63, 3.8) is 0 Å². The molecule has 2 heterocycles. The summed E-state index contributed by atoms with van der Waals surface area (Å²) in [6.45, 7) is 3.88. The molecule has 3 aromatic rings. The Labute approximate surface area is 209 Å². The zero-order chi connectivity index (χ0) is 19.9. The zero-order valence-corrected chi connectivity index (χ0v) is 14.7. The number of carbonyl (C=O) groups is 2. The molecular weight excluding hydrogens is 400 g/mol. The Morgan fingerprint density at radius 3 is 2.10 bits per heavy atom. The molecule has 29 heavy (non-hydrogen) atoms. The summed E-state index contributed by atoms with van der Waals surface area (Å²) in [6.07, 6.45) is 0.993. The first-order valence-corrected chi connectivity index (χ1v) is 8.44. The number of aryl methyl sites for hydroxylation is 2. The Bertz CT molecular complexity index is 1230. The maximum absolute atomic E-state index is 12.6. The predicted octanol–water partition coefficient (Wildman–Crippen LogP) is 1.18. The van der Waals surface area contributed by atoms with Crippen molar-refractivity contribution < 1.29 is 24.2 Å². The fourth-order valence-corrected chi connectivity index (χ4v) is 3.34. The quantitative estimate of drug-likeness (QED) is 0.470. The summed E-state index contributed by atoms with van der Waals surface area (Å²) in [5.74, 6) is -3.15. The Kier molecular flexibility index (Phi) is 8.89. The van der Waals surface area contributed by atoms with Crippen LogP contribution in [0.4, 0.5) is 0 Å². The zero-order valence-electron chi connectivity index (χ0n) is 14.7. The summed E-state index contributed by atoms with van der Waals surface area (Å²) in [5, 5.41) is 19.0. The average Bonchev–Trinajstić information content (AvgIpc) is 2.62. The van der Waals surface area contributed by atoms with Crippen molar-refractivity contribution in [2.75, 3.05) is 0 Å². The van der Waals surface area contributed by atoms with Crippen molar-refractivity contribution in [3.05, 3.63) is 55.7 Å². The second-order valence-electron chi connectivity index (χ2n) is 6.10. The van der Waals surface area contributed by atoms with Gasteiger partial charge in [0.2, 0.25) is 5.76 Å². The van der Waals surface area contributed by atoms with Gasteiger partial charge >= 0.3 is 71.1 Å². The van der Waals surface area contributed by atoms with Crippen molar-refractivity contribution in [1.82, 2.24) is 4.57 Å². The molecule has 0 amide bonds. The molecule has 144 valence electrons. The van der Waals surface area contributed by atoms with Gasteiger partial charge in [-0.05, 0) is 19.4 Å². The number of nitrogens with zero attached hydrogens (tertiary/aromatic N) is 1. The van der Waals surface area contributed by atoms with Crippen LogP contribution >= 0.6 is 0 Å². The van der Waals surface area contributed by atoms with Crippen LogP contribution in [0.5, 0.6) is 0 Å². The van der Waals surface area contributed by atoms with E-state index in [0.717, 1.165) is 12.1 Å². The third kappa shape index (κ3) is 4.52. The maximum atomic E-state index is 12.6. The van der Waals surface area contributed by atoms with Crippen LogP contribution in [-0.2, 0) is 13.0 Å². The Balaban J connectivity index is 0.00000210. The number of hydrogen-bond acceptors (Lipinski definition) is 5. The molecule has 10 heteroatoms. The molecule has 0 bridgehead atoms. The summed E-state index contributed by atoms with van der Waals surface area (Å²) in [6, 6.07) is 3.25. The van der Waals surface area contributed by atoms with E-state index in [1.165, 1.54) is 10.6 Å². The average molecular weight is 419 g/mol. The van der Waals surface area contributed by atoms with E-state index in [4.69, 9.17) is 4.42 Å². The van der Waals surface area contributed by atoms with E-state index in [-0.39, 0.29) is 87.7 Å². The Hall–Kier alpha value is -1.42. The third-order valence-corrected chi connectivity index (χ3v) is 4.43. The summed E-state index contributed by atoms with van der Waals surface area (Å²) >= 11 is 0. The molecule has 0 aliphatic heterocycles. The van der Waals surface area contributed by atoms with Gasteiger partial charge in [0.15, 0.2) is 10.9 Å². The van der Waals surface area contributed by atoms with E-state index >= 15 is 0 Å². The van der Waals surface area contributed by atoms with Crippen molar-refractivity contribution in [3.8, 4) is 0 Å². The van der Waals surface area contributed by atoms with Gasteiger partial charge in [0.1, 0.15) is 11.3 Å². The van der Waals surface area contributed by atoms with Crippen molar-refractivity contribution in [2.24, 2.45) is 0 Å². The van der Waals surface area contributed by atoms with E-state index in [2.05, 4.69) is 0 Å². The minimum atomic E-state index is -1.39. The molecule has 0 aliphatic carbocycles. The molecule has 3 rings (SSSR count). The monoisotopic (exact) mass is 419 g/mol. The van der Waals surface area contributed by atoms with Crippen LogP contribution in [0.15, 0.2) is 32.2 Å². The topological polar surface area (TPSA) is 127 Å². The predicted molar refractivity (Wildman–Crippen MR) is 112 cm³/mol. The summed E-state index contributed by atoms with van der Waals surface area (Å²) in [4.78, 5) is 47.9. The van der Waals surface area contributed by atoms with Gasteiger partial charge in [-0.25, -0.2) is 9.59 Å². The van der Waals surface area contributed by atoms with E-state index < -0.39 is 28.6 Å². The molecule has 0 atom stereocenters. The first kappa shape index (κ1) is 25.6. The van der Waals surface area contributed by atoms with Crippen molar-refractivity contribution in [1.29, 1.82) is 0 Å². The third-order valence-electron chi connectivity index (χ3n) is 4.43. The van der Waals surface area contributed by atoms with Crippen LogP contribution in [0.1, 0.15) is 46.9 Å². The van der Waals surface area contributed by atoms with Gasteiger partial charge < -0.3 is 19.2 Å². The second kappa shape index (κ2) is 10.1. The summed E-state index contributed by atoms with van der Waals surface area (Å²) in [5.41, 5.74) is -0.401. The number of benzene rings is 1. The number of carboxylic acid groups (broad SMARTS) is 2.